The van der Waals surface area contributed by atoms with Crippen LogP contribution in [0.4, 0.5) is 18.9 Å². The van der Waals surface area contributed by atoms with E-state index < -0.39 is 17.8 Å². The number of hydrogen-bond donors (Lipinski definition) is 1. The van der Waals surface area contributed by atoms with Gasteiger partial charge in [0.2, 0.25) is 0 Å². The lowest BCUT2D eigenvalue weighted by Gasteiger charge is -2.20. The van der Waals surface area contributed by atoms with Gasteiger partial charge in [-0.3, -0.25) is 4.98 Å². The summed E-state index contributed by atoms with van der Waals surface area (Å²) in [6.45, 7) is 1.73. The second kappa shape index (κ2) is 5.71. The Morgan fingerprint density at radius 2 is 1.90 bits per heavy atom. The molecule has 1 N–H and O–H groups in total. The third-order valence-electron chi connectivity index (χ3n) is 2.81. The van der Waals surface area contributed by atoms with Crippen molar-refractivity contribution in [2.24, 2.45) is 0 Å². The first kappa shape index (κ1) is 14.7. The molecule has 0 bridgehead atoms. The average molecular weight is 301 g/mol. The normalized spacial score (nSPS) is 13.1. The van der Waals surface area contributed by atoms with Crippen LogP contribution in [0, 0.1) is 0 Å². The molecule has 1 aromatic carbocycles. The first-order valence-corrected chi connectivity index (χ1v) is 6.30. The zero-order valence-electron chi connectivity index (χ0n) is 10.6. The van der Waals surface area contributed by atoms with E-state index in [2.05, 4.69) is 10.3 Å². The van der Waals surface area contributed by atoms with Crippen LogP contribution in [0.1, 0.15) is 24.2 Å². The number of nitrogens with zero attached hydrogens (tertiary/aromatic N) is 1. The molecule has 2 nitrogen and oxygen atoms in total. The Labute approximate surface area is 119 Å². The van der Waals surface area contributed by atoms with Gasteiger partial charge >= 0.3 is 6.18 Å². The van der Waals surface area contributed by atoms with Gasteiger partial charge in [0.05, 0.1) is 28.0 Å². The smallest absolute Gasteiger partial charge is 0.375 e. The summed E-state index contributed by atoms with van der Waals surface area (Å²) in [6, 6.07) is 8.56. The van der Waals surface area contributed by atoms with Crippen LogP contribution in [-0.2, 0) is 6.18 Å². The van der Waals surface area contributed by atoms with Gasteiger partial charge in [-0.25, -0.2) is 0 Å². The Morgan fingerprint density at radius 3 is 2.50 bits per heavy atom. The monoisotopic (exact) mass is 300 g/mol. The molecule has 0 aliphatic rings. The summed E-state index contributed by atoms with van der Waals surface area (Å²) in [6.07, 6.45) is -2.87. The van der Waals surface area contributed by atoms with Crippen LogP contribution in [-0.4, -0.2) is 4.98 Å². The van der Waals surface area contributed by atoms with Crippen LogP contribution < -0.4 is 5.32 Å². The topological polar surface area (TPSA) is 24.9 Å². The number of benzene rings is 1. The molecule has 2 aromatic rings. The van der Waals surface area contributed by atoms with E-state index in [0.29, 0.717) is 5.69 Å². The Kier molecular flexibility index (Phi) is 4.18. The van der Waals surface area contributed by atoms with Crippen molar-refractivity contribution in [2.45, 2.75) is 19.1 Å². The van der Waals surface area contributed by atoms with Crippen molar-refractivity contribution in [1.29, 1.82) is 0 Å². The maximum atomic E-state index is 13.0. The molecule has 1 atom stereocenters. The first-order chi connectivity index (χ1) is 9.39. The summed E-state index contributed by atoms with van der Waals surface area (Å²) in [5.74, 6) is 0. The van der Waals surface area contributed by atoms with Crippen molar-refractivity contribution in [3.05, 3.63) is 58.9 Å². The van der Waals surface area contributed by atoms with Crippen molar-refractivity contribution in [3.8, 4) is 0 Å². The Bertz CT molecular complexity index is 585. The number of nitrogens with one attached hydrogen (secondary N) is 1. The molecule has 1 heterocycles. The minimum absolute atomic E-state index is 0.0302. The second-order valence-corrected chi connectivity index (χ2v) is 4.69. The number of halogens is 4. The van der Waals surface area contributed by atoms with Crippen molar-refractivity contribution in [3.63, 3.8) is 0 Å². The molecular formula is C14H12ClF3N2. The molecule has 1 aromatic heterocycles. The molecule has 0 saturated carbocycles. The quantitative estimate of drug-likeness (QED) is 0.869. The van der Waals surface area contributed by atoms with E-state index >= 15 is 0 Å². The van der Waals surface area contributed by atoms with Crippen LogP contribution in [0.5, 0.6) is 0 Å². The number of hydrogen-bond acceptors (Lipinski definition) is 2. The lowest BCUT2D eigenvalue weighted by atomic mass is 10.1. The van der Waals surface area contributed by atoms with Gasteiger partial charge in [-0.1, -0.05) is 23.7 Å². The zero-order chi connectivity index (χ0) is 14.8. The number of rotatable bonds is 3. The third kappa shape index (κ3) is 3.22. The first-order valence-electron chi connectivity index (χ1n) is 5.93. The van der Waals surface area contributed by atoms with E-state index in [1.807, 2.05) is 0 Å². The molecular weight excluding hydrogens is 289 g/mol. The van der Waals surface area contributed by atoms with Crippen LogP contribution in [0.3, 0.4) is 0 Å². The molecule has 2 rings (SSSR count). The van der Waals surface area contributed by atoms with Crippen LogP contribution in [0.15, 0.2) is 42.6 Å². The number of pyridine rings is 1. The molecule has 1 unspecified atom stereocenters. The van der Waals surface area contributed by atoms with E-state index in [1.54, 1.807) is 31.3 Å². The van der Waals surface area contributed by atoms with E-state index in [1.165, 1.54) is 12.1 Å². The predicted molar refractivity (Wildman–Crippen MR) is 72.7 cm³/mol. The minimum Gasteiger partial charge on any atom is -0.375 e. The number of para-hydroxylation sites is 1. The van der Waals surface area contributed by atoms with Gasteiger partial charge in [-0.15, -0.1) is 0 Å². The van der Waals surface area contributed by atoms with Gasteiger partial charge in [-0.2, -0.15) is 13.2 Å². The number of alkyl halides is 3. The second-order valence-electron chi connectivity index (χ2n) is 4.28. The van der Waals surface area contributed by atoms with Crippen molar-refractivity contribution < 1.29 is 13.2 Å². The SMILES string of the molecule is CC(Nc1c(Cl)cccc1C(F)(F)F)c1ccccn1. The summed E-state index contributed by atoms with van der Waals surface area (Å²) in [5, 5.41) is 2.82. The highest BCUT2D eigenvalue weighted by Crippen LogP contribution is 2.39. The lowest BCUT2D eigenvalue weighted by molar-refractivity contribution is -0.137. The summed E-state index contributed by atoms with van der Waals surface area (Å²) < 4.78 is 38.9. The van der Waals surface area contributed by atoms with E-state index in [4.69, 9.17) is 11.6 Å². The highest BCUT2D eigenvalue weighted by Gasteiger charge is 2.34. The zero-order valence-corrected chi connectivity index (χ0v) is 11.3. The molecule has 0 radical (unpaired) electrons. The molecule has 0 amide bonds. The fraction of sp³-hybridized carbons (Fsp3) is 0.214. The standard InChI is InChI=1S/C14H12ClF3N2/c1-9(12-7-2-3-8-19-12)20-13-10(14(16,17)18)5-4-6-11(13)15/h2-9,20H,1H3. The molecule has 106 valence electrons. The summed E-state index contributed by atoms with van der Waals surface area (Å²) >= 11 is 5.88. The number of aromatic nitrogens is 1. The highest BCUT2D eigenvalue weighted by molar-refractivity contribution is 6.33. The summed E-state index contributed by atoms with van der Waals surface area (Å²) in [5.41, 5.74) is -0.270. The Morgan fingerprint density at radius 1 is 1.15 bits per heavy atom. The van der Waals surface area contributed by atoms with E-state index in [9.17, 15) is 13.2 Å². The maximum Gasteiger partial charge on any atom is 0.418 e. The van der Waals surface area contributed by atoms with Gasteiger partial charge < -0.3 is 5.32 Å². The highest BCUT2D eigenvalue weighted by atomic mass is 35.5. The van der Waals surface area contributed by atoms with Crippen molar-refractivity contribution >= 4 is 17.3 Å². The molecule has 0 saturated heterocycles. The fourth-order valence-corrected chi connectivity index (χ4v) is 2.06. The van der Waals surface area contributed by atoms with E-state index in [0.717, 1.165) is 6.07 Å². The lowest BCUT2D eigenvalue weighted by Crippen LogP contribution is -2.14. The molecule has 0 aliphatic carbocycles. The summed E-state index contributed by atoms with van der Waals surface area (Å²) in [4.78, 5) is 4.11. The Hall–Kier alpha value is -1.75. The Balaban J connectivity index is 2.34. The molecule has 20 heavy (non-hydrogen) atoms. The van der Waals surface area contributed by atoms with E-state index in [-0.39, 0.29) is 10.7 Å². The minimum atomic E-state index is -4.46. The van der Waals surface area contributed by atoms with Gasteiger partial charge in [0, 0.05) is 6.20 Å². The van der Waals surface area contributed by atoms with Crippen LogP contribution in [0.2, 0.25) is 5.02 Å². The van der Waals surface area contributed by atoms with Crippen LogP contribution >= 0.6 is 11.6 Å². The third-order valence-corrected chi connectivity index (χ3v) is 3.13. The average Bonchev–Trinajstić information content (AvgIpc) is 2.40. The predicted octanol–water partition coefficient (Wildman–Crippen LogP) is 4.93. The fourth-order valence-electron chi connectivity index (χ4n) is 1.83. The van der Waals surface area contributed by atoms with Gasteiger partial charge in [0.15, 0.2) is 0 Å². The van der Waals surface area contributed by atoms with Gasteiger partial charge in [0.1, 0.15) is 0 Å². The van der Waals surface area contributed by atoms with Gasteiger partial charge in [0.25, 0.3) is 0 Å². The molecule has 0 spiro atoms. The van der Waals surface area contributed by atoms with Gasteiger partial charge in [-0.05, 0) is 31.2 Å². The largest absolute Gasteiger partial charge is 0.418 e. The van der Waals surface area contributed by atoms with Crippen molar-refractivity contribution in [1.82, 2.24) is 4.98 Å². The summed E-state index contributed by atoms with van der Waals surface area (Å²) in [7, 11) is 0. The molecule has 6 heteroatoms. The van der Waals surface area contributed by atoms with Crippen LogP contribution in [0.25, 0.3) is 0 Å². The molecule has 0 fully saturated rings. The maximum absolute atomic E-state index is 13.0. The van der Waals surface area contributed by atoms with Crippen molar-refractivity contribution in [2.75, 3.05) is 5.32 Å². The number of anilines is 1. The molecule has 0 aliphatic heterocycles.